The van der Waals surface area contributed by atoms with Crippen LogP contribution in [0.25, 0.3) is 0 Å². The van der Waals surface area contributed by atoms with E-state index in [2.05, 4.69) is 35.5 Å². The summed E-state index contributed by atoms with van der Waals surface area (Å²) in [7, 11) is 0. The standard InChI is InChI=1S/C23H36N4O2/c1-3-24-23(25-14-8-16-29-21-12-7-4-9-18(21)2)26-20-13-15-27(17-20)22(28)19-10-5-6-11-19/h4,7,9,12,19-20H,3,5-6,8,10-11,13-17H2,1-2H3,(H2,24,25,26). The molecular weight excluding hydrogens is 364 g/mol. The molecule has 1 saturated carbocycles. The summed E-state index contributed by atoms with van der Waals surface area (Å²) < 4.78 is 5.85. The van der Waals surface area contributed by atoms with Crippen LogP contribution in [0.5, 0.6) is 5.75 Å². The topological polar surface area (TPSA) is 66.0 Å². The van der Waals surface area contributed by atoms with Crippen molar-refractivity contribution in [2.24, 2.45) is 10.9 Å². The highest BCUT2D eigenvalue weighted by molar-refractivity contribution is 5.81. The lowest BCUT2D eigenvalue weighted by molar-refractivity contribution is -0.134. The molecule has 0 aromatic heterocycles. The second-order valence-electron chi connectivity index (χ2n) is 8.12. The van der Waals surface area contributed by atoms with Crippen LogP contribution >= 0.6 is 0 Å². The van der Waals surface area contributed by atoms with Crippen molar-refractivity contribution in [1.82, 2.24) is 15.5 Å². The second-order valence-corrected chi connectivity index (χ2v) is 8.12. The Balaban J connectivity index is 1.41. The maximum Gasteiger partial charge on any atom is 0.225 e. The molecule has 1 saturated heterocycles. The lowest BCUT2D eigenvalue weighted by atomic mass is 10.1. The Hall–Kier alpha value is -2.24. The third-order valence-corrected chi connectivity index (χ3v) is 5.81. The van der Waals surface area contributed by atoms with Crippen molar-refractivity contribution in [3.05, 3.63) is 29.8 Å². The monoisotopic (exact) mass is 400 g/mol. The molecule has 1 aromatic carbocycles. The van der Waals surface area contributed by atoms with Crippen molar-refractivity contribution in [3.63, 3.8) is 0 Å². The van der Waals surface area contributed by atoms with Gasteiger partial charge in [-0.25, -0.2) is 0 Å². The summed E-state index contributed by atoms with van der Waals surface area (Å²) >= 11 is 0. The van der Waals surface area contributed by atoms with E-state index in [1.54, 1.807) is 0 Å². The highest BCUT2D eigenvalue weighted by Crippen LogP contribution is 2.27. The quantitative estimate of drug-likeness (QED) is 0.400. The Labute approximate surface area is 175 Å². The van der Waals surface area contributed by atoms with Crippen molar-refractivity contribution in [3.8, 4) is 5.75 Å². The van der Waals surface area contributed by atoms with Gasteiger partial charge in [-0.15, -0.1) is 0 Å². The van der Waals surface area contributed by atoms with Crippen LogP contribution in [-0.4, -0.2) is 55.6 Å². The zero-order valence-electron chi connectivity index (χ0n) is 18.0. The summed E-state index contributed by atoms with van der Waals surface area (Å²) in [6.45, 7) is 7.96. The van der Waals surface area contributed by atoms with Crippen molar-refractivity contribution in [2.45, 2.75) is 58.4 Å². The second kappa shape index (κ2) is 11.1. The largest absolute Gasteiger partial charge is 0.493 e. The van der Waals surface area contributed by atoms with Gasteiger partial charge in [0.05, 0.1) is 6.61 Å². The average Bonchev–Trinajstić information content (AvgIpc) is 3.41. The number of nitrogens with zero attached hydrogens (tertiary/aromatic N) is 2. The summed E-state index contributed by atoms with van der Waals surface area (Å²) in [5, 5.41) is 6.84. The number of nitrogens with one attached hydrogen (secondary N) is 2. The number of benzene rings is 1. The van der Waals surface area contributed by atoms with Crippen LogP contribution in [0.3, 0.4) is 0 Å². The average molecular weight is 401 g/mol. The highest BCUT2D eigenvalue weighted by atomic mass is 16.5. The van der Waals surface area contributed by atoms with Gasteiger partial charge in [-0.05, 0) is 44.7 Å². The Morgan fingerprint density at radius 3 is 2.79 bits per heavy atom. The molecule has 2 fully saturated rings. The number of guanidine groups is 1. The summed E-state index contributed by atoms with van der Waals surface area (Å²) in [4.78, 5) is 19.4. The fourth-order valence-corrected chi connectivity index (χ4v) is 4.18. The fraction of sp³-hybridized carbons (Fsp3) is 0.652. The Morgan fingerprint density at radius 2 is 2.03 bits per heavy atom. The number of carbonyl (C=O) groups is 1. The summed E-state index contributed by atoms with van der Waals surface area (Å²) in [5.41, 5.74) is 1.16. The van der Waals surface area contributed by atoms with Crippen molar-refractivity contribution in [2.75, 3.05) is 32.8 Å². The predicted molar refractivity (Wildman–Crippen MR) is 117 cm³/mol. The first-order valence-corrected chi connectivity index (χ1v) is 11.2. The lowest BCUT2D eigenvalue weighted by Crippen LogP contribution is -2.45. The first kappa shape index (κ1) is 21.5. The fourth-order valence-electron chi connectivity index (χ4n) is 4.18. The minimum Gasteiger partial charge on any atom is -0.493 e. The van der Waals surface area contributed by atoms with Crippen LogP contribution in [0.1, 0.15) is 51.0 Å². The van der Waals surface area contributed by atoms with Gasteiger partial charge < -0.3 is 20.3 Å². The molecule has 1 heterocycles. The van der Waals surface area contributed by atoms with Gasteiger partial charge in [0, 0.05) is 44.6 Å². The number of aliphatic imine (C=N–C) groups is 1. The normalized spacial score (nSPS) is 20.1. The number of amides is 1. The van der Waals surface area contributed by atoms with Gasteiger partial charge in [-0.1, -0.05) is 31.0 Å². The molecule has 160 valence electrons. The maximum atomic E-state index is 12.6. The molecule has 1 aliphatic carbocycles. The summed E-state index contributed by atoms with van der Waals surface area (Å²) in [6.07, 6.45) is 6.40. The molecule has 1 aliphatic heterocycles. The number of rotatable bonds is 8. The third-order valence-electron chi connectivity index (χ3n) is 5.81. The molecule has 6 heteroatoms. The van der Waals surface area contributed by atoms with Crippen LogP contribution in [0.2, 0.25) is 0 Å². The van der Waals surface area contributed by atoms with E-state index in [9.17, 15) is 4.79 Å². The number of hydrogen-bond acceptors (Lipinski definition) is 3. The molecule has 1 amide bonds. The third kappa shape index (κ3) is 6.38. The van der Waals surface area contributed by atoms with Crippen LogP contribution in [0.4, 0.5) is 0 Å². The van der Waals surface area contributed by atoms with Crippen molar-refractivity contribution >= 4 is 11.9 Å². The Morgan fingerprint density at radius 1 is 1.24 bits per heavy atom. The molecule has 2 N–H and O–H groups in total. The van der Waals surface area contributed by atoms with Crippen LogP contribution in [-0.2, 0) is 4.79 Å². The molecule has 0 spiro atoms. The van der Waals surface area contributed by atoms with Gasteiger partial charge >= 0.3 is 0 Å². The van der Waals surface area contributed by atoms with Crippen molar-refractivity contribution in [1.29, 1.82) is 0 Å². The van der Waals surface area contributed by atoms with Gasteiger partial charge in [0.15, 0.2) is 5.96 Å². The van der Waals surface area contributed by atoms with Gasteiger partial charge in [-0.3, -0.25) is 9.79 Å². The minimum atomic E-state index is 0.268. The maximum absolute atomic E-state index is 12.6. The van der Waals surface area contributed by atoms with E-state index in [4.69, 9.17) is 4.74 Å². The minimum absolute atomic E-state index is 0.268. The molecule has 1 atom stereocenters. The van der Waals surface area contributed by atoms with Crippen LogP contribution in [0, 0.1) is 12.8 Å². The van der Waals surface area contributed by atoms with Gasteiger partial charge in [0.1, 0.15) is 5.75 Å². The molecule has 0 bridgehead atoms. The molecule has 1 unspecified atom stereocenters. The van der Waals surface area contributed by atoms with Crippen LogP contribution in [0.15, 0.2) is 29.3 Å². The van der Waals surface area contributed by atoms with Gasteiger partial charge in [-0.2, -0.15) is 0 Å². The zero-order chi connectivity index (χ0) is 20.5. The van der Waals surface area contributed by atoms with Gasteiger partial charge in [0.2, 0.25) is 5.91 Å². The molecule has 2 aliphatic rings. The van der Waals surface area contributed by atoms with E-state index in [1.807, 2.05) is 23.1 Å². The number of likely N-dealkylation sites (tertiary alicyclic amines) is 1. The molecule has 29 heavy (non-hydrogen) atoms. The van der Waals surface area contributed by atoms with Crippen molar-refractivity contribution < 1.29 is 9.53 Å². The summed E-state index contributed by atoms with van der Waals surface area (Å²) in [5.74, 6) is 2.41. The molecular formula is C23H36N4O2. The number of carbonyl (C=O) groups excluding carboxylic acids is 1. The predicted octanol–water partition coefficient (Wildman–Crippen LogP) is 3.11. The van der Waals surface area contributed by atoms with E-state index < -0.39 is 0 Å². The molecule has 1 aromatic rings. The molecule has 3 rings (SSSR count). The smallest absolute Gasteiger partial charge is 0.225 e. The van der Waals surface area contributed by atoms with E-state index in [0.717, 1.165) is 62.6 Å². The van der Waals surface area contributed by atoms with Crippen LogP contribution < -0.4 is 15.4 Å². The van der Waals surface area contributed by atoms with E-state index >= 15 is 0 Å². The Kier molecular flexibility index (Phi) is 8.20. The first-order chi connectivity index (χ1) is 14.2. The number of para-hydroxylation sites is 1. The van der Waals surface area contributed by atoms with Gasteiger partial charge in [0.25, 0.3) is 0 Å². The van der Waals surface area contributed by atoms with E-state index in [0.29, 0.717) is 19.1 Å². The molecule has 6 nitrogen and oxygen atoms in total. The van der Waals surface area contributed by atoms with E-state index in [-0.39, 0.29) is 12.0 Å². The highest BCUT2D eigenvalue weighted by Gasteiger charge is 2.32. The SMILES string of the molecule is CCNC(=NCCCOc1ccccc1C)NC1CCN(C(=O)C2CCCC2)C1. The first-order valence-electron chi connectivity index (χ1n) is 11.2. The zero-order valence-corrected chi connectivity index (χ0v) is 18.0. The lowest BCUT2D eigenvalue weighted by Gasteiger charge is -2.21. The van der Waals surface area contributed by atoms with E-state index in [1.165, 1.54) is 12.8 Å². The molecule has 0 radical (unpaired) electrons. The Bertz CT molecular complexity index is 685. The number of ether oxygens (including phenoxy) is 1. The number of aryl methyl sites for hydroxylation is 1. The number of hydrogen-bond donors (Lipinski definition) is 2. The summed E-state index contributed by atoms with van der Waals surface area (Å²) in [6, 6.07) is 8.36.